The number of hydrazone groups is 1. The van der Waals surface area contributed by atoms with E-state index in [9.17, 15) is 14.4 Å². The SMILES string of the molecule is CCOc1ccc(C=NNC(=O)C(CC(=O)c2ccccc2)=C(C)C)cc1C[NH+]1CC2CC(C1)c1cccc(=O)n1C2. The monoisotopic (exact) mass is 567 g/mol. The van der Waals surface area contributed by atoms with Crippen LogP contribution >= 0.6 is 0 Å². The van der Waals surface area contributed by atoms with E-state index in [1.165, 1.54) is 4.90 Å². The van der Waals surface area contributed by atoms with Gasteiger partial charge in [0.25, 0.3) is 11.5 Å². The number of piperidine rings is 1. The highest BCUT2D eigenvalue weighted by Crippen LogP contribution is 2.30. The summed E-state index contributed by atoms with van der Waals surface area (Å²) in [5.74, 6) is 1.20. The van der Waals surface area contributed by atoms with Crippen molar-refractivity contribution in [3.05, 3.63) is 111 Å². The van der Waals surface area contributed by atoms with E-state index in [1.54, 1.807) is 24.4 Å². The molecule has 0 aliphatic carbocycles. The summed E-state index contributed by atoms with van der Waals surface area (Å²) in [6.07, 6.45) is 2.77. The number of ether oxygens (including phenoxy) is 1. The van der Waals surface area contributed by atoms with E-state index in [0.717, 1.165) is 60.7 Å². The number of amides is 1. The van der Waals surface area contributed by atoms with Crippen LogP contribution in [0.5, 0.6) is 5.75 Å². The van der Waals surface area contributed by atoms with Gasteiger partial charge in [0.15, 0.2) is 5.78 Å². The number of pyridine rings is 1. The topological polar surface area (TPSA) is 94.2 Å². The van der Waals surface area contributed by atoms with Crippen molar-refractivity contribution < 1.29 is 19.2 Å². The maximum Gasteiger partial charge on any atom is 0.267 e. The Morgan fingerprint density at radius 3 is 2.64 bits per heavy atom. The number of carbonyl (C=O) groups is 2. The lowest BCUT2D eigenvalue weighted by atomic mass is 9.83. The second-order valence-corrected chi connectivity index (χ2v) is 11.5. The van der Waals surface area contributed by atoms with Crippen LogP contribution in [0.4, 0.5) is 0 Å². The molecule has 42 heavy (non-hydrogen) atoms. The summed E-state index contributed by atoms with van der Waals surface area (Å²) < 4.78 is 7.93. The molecule has 2 aromatic carbocycles. The van der Waals surface area contributed by atoms with Crippen LogP contribution in [0.25, 0.3) is 0 Å². The van der Waals surface area contributed by atoms with Crippen LogP contribution in [0.3, 0.4) is 0 Å². The summed E-state index contributed by atoms with van der Waals surface area (Å²) in [6.45, 7) is 9.75. The van der Waals surface area contributed by atoms with Crippen molar-refractivity contribution in [2.45, 2.75) is 52.6 Å². The van der Waals surface area contributed by atoms with Crippen LogP contribution in [0.1, 0.15) is 66.7 Å². The lowest BCUT2D eigenvalue weighted by Gasteiger charge is -2.40. The van der Waals surface area contributed by atoms with Gasteiger partial charge in [-0.05, 0) is 57.0 Å². The highest BCUT2D eigenvalue weighted by Gasteiger charge is 2.37. The number of ketones is 1. The zero-order chi connectivity index (χ0) is 29.6. The van der Waals surface area contributed by atoms with Crippen LogP contribution in [0.2, 0.25) is 0 Å². The normalized spacial score (nSPS) is 19.2. The first kappa shape index (κ1) is 29.2. The quantitative estimate of drug-likeness (QED) is 0.170. The Morgan fingerprint density at radius 2 is 1.88 bits per heavy atom. The third-order valence-electron chi connectivity index (χ3n) is 8.19. The summed E-state index contributed by atoms with van der Waals surface area (Å²) in [4.78, 5) is 39.5. The predicted molar refractivity (Wildman–Crippen MR) is 163 cm³/mol. The number of hydrogen-bond donors (Lipinski definition) is 2. The number of aromatic nitrogens is 1. The van der Waals surface area contributed by atoms with Crippen LogP contribution in [0, 0.1) is 5.92 Å². The summed E-state index contributed by atoms with van der Waals surface area (Å²) in [5.41, 5.74) is 7.56. The molecule has 1 aromatic heterocycles. The Balaban J connectivity index is 1.26. The molecule has 2 N–H and O–H groups in total. The molecule has 2 aliphatic heterocycles. The van der Waals surface area contributed by atoms with E-state index >= 15 is 0 Å². The zero-order valence-corrected chi connectivity index (χ0v) is 24.6. The second kappa shape index (κ2) is 13.1. The van der Waals surface area contributed by atoms with Crippen molar-refractivity contribution in [3.8, 4) is 5.75 Å². The average Bonchev–Trinajstić information content (AvgIpc) is 2.98. The van der Waals surface area contributed by atoms with Gasteiger partial charge in [-0.15, -0.1) is 0 Å². The molecular formula is C34H39N4O4+. The summed E-state index contributed by atoms with van der Waals surface area (Å²) in [5, 5.41) is 4.22. The number of nitrogens with one attached hydrogen (secondary N) is 2. The van der Waals surface area contributed by atoms with Gasteiger partial charge in [0.1, 0.15) is 12.3 Å². The third-order valence-corrected chi connectivity index (χ3v) is 8.19. The molecule has 3 atom stereocenters. The maximum absolute atomic E-state index is 12.9. The number of rotatable bonds is 10. The number of quaternary nitrogens is 1. The first-order valence-corrected chi connectivity index (χ1v) is 14.7. The van der Waals surface area contributed by atoms with E-state index in [1.807, 2.05) is 61.7 Å². The molecule has 0 radical (unpaired) electrons. The van der Waals surface area contributed by atoms with Gasteiger partial charge < -0.3 is 14.2 Å². The van der Waals surface area contributed by atoms with E-state index in [2.05, 4.69) is 22.7 Å². The molecule has 3 aromatic rings. The van der Waals surface area contributed by atoms with Crippen molar-refractivity contribution >= 4 is 17.9 Å². The molecule has 1 saturated heterocycles. The Hall–Kier alpha value is -4.30. The first-order valence-electron chi connectivity index (χ1n) is 14.7. The highest BCUT2D eigenvalue weighted by atomic mass is 16.5. The lowest BCUT2D eigenvalue weighted by Crippen LogP contribution is -3.13. The van der Waals surface area contributed by atoms with Gasteiger partial charge in [-0.1, -0.05) is 42.0 Å². The van der Waals surface area contributed by atoms with E-state index in [0.29, 0.717) is 29.6 Å². The fourth-order valence-electron chi connectivity index (χ4n) is 6.25. The van der Waals surface area contributed by atoms with Gasteiger partial charge in [-0.25, -0.2) is 5.43 Å². The number of nitrogens with zero attached hydrogens (tertiary/aromatic N) is 2. The molecule has 3 unspecified atom stereocenters. The zero-order valence-electron chi connectivity index (χ0n) is 24.6. The van der Waals surface area contributed by atoms with Crippen molar-refractivity contribution in [2.75, 3.05) is 19.7 Å². The van der Waals surface area contributed by atoms with Gasteiger partial charge in [0.05, 0.1) is 25.9 Å². The fourth-order valence-corrected chi connectivity index (χ4v) is 6.25. The molecule has 0 saturated carbocycles. The number of allylic oxidation sites excluding steroid dienone is 1. The van der Waals surface area contributed by atoms with E-state index in [4.69, 9.17) is 4.74 Å². The highest BCUT2D eigenvalue weighted by molar-refractivity contribution is 6.05. The van der Waals surface area contributed by atoms with Crippen molar-refractivity contribution in [1.82, 2.24) is 9.99 Å². The van der Waals surface area contributed by atoms with E-state index < -0.39 is 0 Å². The fraction of sp³-hybridized carbons (Fsp3) is 0.353. The van der Waals surface area contributed by atoms with Crippen molar-refractivity contribution in [3.63, 3.8) is 0 Å². The Bertz CT molecular complexity index is 1570. The molecule has 3 heterocycles. The summed E-state index contributed by atoms with van der Waals surface area (Å²) in [7, 11) is 0. The van der Waals surface area contributed by atoms with Crippen molar-refractivity contribution in [2.24, 2.45) is 11.0 Å². The molecule has 8 heteroatoms. The van der Waals surface area contributed by atoms with E-state index in [-0.39, 0.29) is 23.7 Å². The predicted octanol–water partition coefficient (Wildman–Crippen LogP) is 3.51. The minimum atomic E-state index is -0.384. The molecule has 1 fully saturated rings. The van der Waals surface area contributed by atoms with Crippen LogP contribution in [-0.4, -0.2) is 42.2 Å². The third kappa shape index (κ3) is 6.77. The molecule has 218 valence electrons. The number of benzene rings is 2. The molecule has 8 nitrogen and oxygen atoms in total. The minimum Gasteiger partial charge on any atom is -0.493 e. The molecule has 0 spiro atoms. The molecule has 2 aliphatic rings. The minimum absolute atomic E-state index is 0.0145. The Morgan fingerprint density at radius 1 is 1.07 bits per heavy atom. The van der Waals surface area contributed by atoms with Crippen LogP contribution in [-0.2, 0) is 17.9 Å². The molecule has 5 rings (SSSR count). The average molecular weight is 568 g/mol. The summed E-state index contributed by atoms with van der Waals surface area (Å²) >= 11 is 0. The van der Waals surface area contributed by atoms with Gasteiger partial charge in [-0.2, -0.15) is 5.10 Å². The number of likely N-dealkylation sites (tertiary alicyclic amines) is 1. The number of hydrogen-bond acceptors (Lipinski definition) is 5. The van der Waals surface area contributed by atoms with Gasteiger partial charge >= 0.3 is 0 Å². The maximum atomic E-state index is 12.9. The number of Topliss-reactive ketones (excluding diaryl/α,β-unsaturated/α-hetero) is 1. The number of carbonyl (C=O) groups excluding carboxylic acids is 2. The lowest BCUT2D eigenvalue weighted by molar-refractivity contribution is -0.924. The Kier molecular flexibility index (Phi) is 9.12. The Labute approximate surface area is 246 Å². The van der Waals surface area contributed by atoms with Gasteiger partial charge in [0, 0.05) is 53.3 Å². The van der Waals surface area contributed by atoms with Crippen molar-refractivity contribution in [1.29, 1.82) is 0 Å². The molecule has 2 bridgehead atoms. The second-order valence-electron chi connectivity index (χ2n) is 11.5. The molecule has 1 amide bonds. The standard InChI is InChI=1S/C34H38N4O4/c1-4-42-32-14-13-24(18-35-36-34(41)29(23(2)3)17-31(39)26-9-6-5-7-10-26)15-28(32)22-37-19-25-16-27(21-37)30-11-8-12-33(40)38(30)20-25/h5-15,18,25,27H,4,16-17,19-22H2,1-3H3,(H,36,41)/p+1. The first-order chi connectivity index (χ1) is 20.3. The largest absolute Gasteiger partial charge is 0.493 e. The van der Waals surface area contributed by atoms with Gasteiger partial charge in [-0.3, -0.25) is 14.4 Å². The van der Waals surface area contributed by atoms with Crippen LogP contribution in [0.15, 0.2) is 87.8 Å². The summed E-state index contributed by atoms with van der Waals surface area (Å²) in [6, 6.07) is 20.6. The molecular weight excluding hydrogens is 528 g/mol. The smallest absolute Gasteiger partial charge is 0.267 e. The van der Waals surface area contributed by atoms with Crippen LogP contribution < -0.4 is 20.6 Å². The number of fused-ring (bicyclic) bond motifs is 4. The van der Waals surface area contributed by atoms with Gasteiger partial charge in [0.2, 0.25) is 0 Å².